The van der Waals surface area contributed by atoms with Crippen LogP contribution in [0.2, 0.25) is 0 Å². The zero-order valence-electron chi connectivity index (χ0n) is 16.7. The van der Waals surface area contributed by atoms with Gasteiger partial charge in [0.25, 0.3) is 0 Å². The number of hydrogen-bond acceptors (Lipinski definition) is 5. The standard InChI is InChI=1S/C20H27N5O3/c1-15-4-6-18(7-5-15)14-22-10-12-23(13-11-22)19(26)8-9-24-17(3)20(25(27)28)16(2)21-24/h4-7H,8-14H2,1-3H3. The summed E-state index contributed by atoms with van der Waals surface area (Å²) < 4.78 is 1.57. The maximum Gasteiger partial charge on any atom is 0.312 e. The van der Waals surface area contributed by atoms with E-state index in [2.05, 4.69) is 41.2 Å². The third kappa shape index (κ3) is 4.56. The van der Waals surface area contributed by atoms with Crippen LogP contribution in [0, 0.1) is 30.9 Å². The number of carbonyl (C=O) groups excluding carboxylic acids is 1. The molecule has 0 spiro atoms. The van der Waals surface area contributed by atoms with Gasteiger partial charge in [0, 0.05) is 39.1 Å². The number of nitro groups is 1. The molecule has 2 aromatic rings. The van der Waals surface area contributed by atoms with E-state index in [1.54, 1.807) is 18.5 Å². The fraction of sp³-hybridized carbons (Fsp3) is 0.500. The third-order valence-electron chi connectivity index (χ3n) is 5.32. The van der Waals surface area contributed by atoms with Crippen molar-refractivity contribution in [2.45, 2.75) is 40.3 Å². The second-order valence-electron chi connectivity index (χ2n) is 7.39. The minimum absolute atomic E-state index is 0.0390. The molecule has 0 N–H and O–H groups in total. The van der Waals surface area contributed by atoms with E-state index in [9.17, 15) is 14.9 Å². The monoisotopic (exact) mass is 385 g/mol. The lowest BCUT2D eigenvalue weighted by molar-refractivity contribution is -0.386. The molecule has 0 radical (unpaired) electrons. The van der Waals surface area contributed by atoms with Gasteiger partial charge in [0.2, 0.25) is 5.91 Å². The number of amides is 1. The highest BCUT2D eigenvalue weighted by molar-refractivity contribution is 5.76. The summed E-state index contributed by atoms with van der Waals surface area (Å²) in [4.78, 5) is 27.5. The zero-order chi connectivity index (χ0) is 20.3. The molecule has 2 heterocycles. The SMILES string of the molecule is Cc1ccc(CN2CCN(C(=O)CCn3nc(C)c([N+](=O)[O-])c3C)CC2)cc1. The van der Waals surface area contributed by atoms with Crippen molar-refractivity contribution < 1.29 is 9.72 Å². The molecule has 1 fully saturated rings. The topological polar surface area (TPSA) is 84.5 Å². The normalized spacial score (nSPS) is 15.0. The second-order valence-corrected chi connectivity index (χ2v) is 7.39. The Balaban J connectivity index is 1.48. The van der Waals surface area contributed by atoms with Gasteiger partial charge in [-0.25, -0.2) is 0 Å². The summed E-state index contributed by atoms with van der Waals surface area (Å²) in [5.74, 6) is 0.0743. The Labute approximate surface area is 164 Å². The van der Waals surface area contributed by atoms with Gasteiger partial charge in [0.15, 0.2) is 0 Å². The number of piperazine rings is 1. The van der Waals surface area contributed by atoms with Crippen LogP contribution in [0.3, 0.4) is 0 Å². The molecule has 1 aliphatic rings. The number of aromatic nitrogens is 2. The van der Waals surface area contributed by atoms with Gasteiger partial charge in [-0.2, -0.15) is 5.10 Å². The number of benzene rings is 1. The molecule has 1 aromatic carbocycles. The van der Waals surface area contributed by atoms with Gasteiger partial charge in [-0.1, -0.05) is 29.8 Å². The van der Waals surface area contributed by atoms with Crippen LogP contribution in [0.15, 0.2) is 24.3 Å². The Morgan fingerprint density at radius 3 is 2.32 bits per heavy atom. The molecule has 1 saturated heterocycles. The maximum absolute atomic E-state index is 12.5. The summed E-state index contributed by atoms with van der Waals surface area (Å²) in [7, 11) is 0. The summed E-state index contributed by atoms with van der Waals surface area (Å²) in [5.41, 5.74) is 3.47. The van der Waals surface area contributed by atoms with Crippen molar-refractivity contribution in [1.29, 1.82) is 0 Å². The zero-order valence-corrected chi connectivity index (χ0v) is 16.7. The molecule has 8 heteroatoms. The summed E-state index contributed by atoms with van der Waals surface area (Å²) in [6, 6.07) is 8.55. The van der Waals surface area contributed by atoms with E-state index in [1.807, 2.05) is 4.90 Å². The molecule has 28 heavy (non-hydrogen) atoms. The molecular weight excluding hydrogens is 358 g/mol. The molecule has 0 bridgehead atoms. The fourth-order valence-electron chi connectivity index (χ4n) is 3.64. The molecule has 0 unspecified atom stereocenters. The molecule has 1 amide bonds. The van der Waals surface area contributed by atoms with Crippen LogP contribution < -0.4 is 0 Å². The van der Waals surface area contributed by atoms with E-state index in [0.29, 0.717) is 37.4 Å². The minimum Gasteiger partial charge on any atom is -0.340 e. The molecule has 1 aliphatic heterocycles. The molecule has 0 aliphatic carbocycles. The van der Waals surface area contributed by atoms with Crippen LogP contribution in [0.25, 0.3) is 0 Å². The van der Waals surface area contributed by atoms with E-state index in [4.69, 9.17) is 0 Å². The van der Waals surface area contributed by atoms with Crippen molar-refractivity contribution in [3.05, 3.63) is 56.9 Å². The molecule has 0 atom stereocenters. The molecule has 3 rings (SSSR count). The summed E-state index contributed by atoms with van der Waals surface area (Å²) >= 11 is 0. The van der Waals surface area contributed by atoms with Gasteiger partial charge in [0.1, 0.15) is 11.4 Å². The van der Waals surface area contributed by atoms with Crippen LogP contribution in [0.5, 0.6) is 0 Å². The van der Waals surface area contributed by atoms with Crippen LogP contribution >= 0.6 is 0 Å². The van der Waals surface area contributed by atoms with Crippen molar-refractivity contribution in [3.63, 3.8) is 0 Å². The fourth-order valence-corrected chi connectivity index (χ4v) is 3.64. The predicted octanol–water partition coefficient (Wildman–Crippen LogP) is 2.45. The quantitative estimate of drug-likeness (QED) is 0.563. The highest BCUT2D eigenvalue weighted by atomic mass is 16.6. The number of nitrogens with zero attached hydrogens (tertiary/aromatic N) is 5. The Bertz CT molecular complexity index is 851. The smallest absolute Gasteiger partial charge is 0.312 e. The summed E-state index contributed by atoms with van der Waals surface area (Å²) in [6.45, 7) is 9.77. The first kappa shape index (κ1) is 20.0. The predicted molar refractivity (Wildman–Crippen MR) is 106 cm³/mol. The Morgan fingerprint density at radius 1 is 1.11 bits per heavy atom. The van der Waals surface area contributed by atoms with Gasteiger partial charge in [-0.05, 0) is 26.3 Å². The number of rotatable bonds is 6. The van der Waals surface area contributed by atoms with Gasteiger partial charge in [-0.15, -0.1) is 0 Å². The van der Waals surface area contributed by atoms with Crippen LogP contribution in [0.1, 0.15) is 28.9 Å². The first-order valence-electron chi connectivity index (χ1n) is 9.59. The van der Waals surface area contributed by atoms with E-state index in [0.717, 1.165) is 19.6 Å². The number of carbonyl (C=O) groups is 1. The lowest BCUT2D eigenvalue weighted by atomic mass is 10.1. The van der Waals surface area contributed by atoms with Crippen molar-refractivity contribution in [2.24, 2.45) is 0 Å². The lowest BCUT2D eigenvalue weighted by Crippen LogP contribution is -2.48. The van der Waals surface area contributed by atoms with Gasteiger partial charge >= 0.3 is 5.69 Å². The number of aryl methyl sites for hydroxylation is 3. The van der Waals surface area contributed by atoms with Gasteiger partial charge < -0.3 is 4.90 Å². The molecule has 8 nitrogen and oxygen atoms in total. The van der Waals surface area contributed by atoms with Crippen LogP contribution in [0.4, 0.5) is 5.69 Å². The van der Waals surface area contributed by atoms with E-state index < -0.39 is 4.92 Å². The first-order chi connectivity index (χ1) is 13.3. The lowest BCUT2D eigenvalue weighted by Gasteiger charge is -2.34. The number of hydrogen-bond donors (Lipinski definition) is 0. The minimum atomic E-state index is -0.413. The van der Waals surface area contributed by atoms with E-state index >= 15 is 0 Å². The van der Waals surface area contributed by atoms with Crippen molar-refractivity contribution in [1.82, 2.24) is 19.6 Å². The second kappa shape index (κ2) is 8.52. The van der Waals surface area contributed by atoms with Gasteiger partial charge in [-0.3, -0.25) is 24.5 Å². The highest BCUT2D eigenvalue weighted by Gasteiger charge is 2.24. The molecule has 0 saturated carbocycles. The Morgan fingerprint density at radius 2 is 1.75 bits per heavy atom. The Kier molecular flexibility index (Phi) is 6.08. The highest BCUT2D eigenvalue weighted by Crippen LogP contribution is 2.22. The molecule has 1 aromatic heterocycles. The average molecular weight is 385 g/mol. The average Bonchev–Trinajstić information content (AvgIpc) is 2.95. The van der Waals surface area contributed by atoms with Crippen molar-refractivity contribution in [3.8, 4) is 0 Å². The summed E-state index contributed by atoms with van der Waals surface area (Å²) in [5, 5.41) is 15.3. The van der Waals surface area contributed by atoms with E-state index in [-0.39, 0.29) is 11.6 Å². The maximum atomic E-state index is 12.5. The Hall–Kier alpha value is -2.74. The molecule has 150 valence electrons. The van der Waals surface area contributed by atoms with Crippen molar-refractivity contribution >= 4 is 11.6 Å². The third-order valence-corrected chi connectivity index (χ3v) is 5.32. The van der Waals surface area contributed by atoms with Crippen molar-refractivity contribution in [2.75, 3.05) is 26.2 Å². The van der Waals surface area contributed by atoms with Crippen LogP contribution in [-0.4, -0.2) is 56.6 Å². The summed E-state index contributed by atoms with van der Waals surface area (Å²) in [6.07, 6.45) is 0.303. The molecular formula is C20H27N5O3. The first-order valence-corrected chi connectivity index (χ1v) is 9.59. The largest absolute Gasteiger partial charge is 0.340 e. The van der Waals surface area contributed by atoms with Crippen LogP contribution in [-0.2, 0) is 17.9 Å². The van der Waals surface area contributed by atoms with E-state index in [1.165, 1.54) is 11.1 Å². The van der Waals surface area contributed by atoms with Gasteiger partial charge in [0.05, 0.1) is 11.5 Å².